The van der Waals surface area contributed by atoms with Gasteiger partial charge in [0, 0.05) is 5.92 Å². The molecule has 3 aliphatic rings. The number of carbonyl (C=O) groups is 1. The fraction of sp³-hybridized carbons (Fsp3) is 0.400. The number of ketones is 1. The number of allylic oxidation sites excluding steroid dienone is 1. The molecule has 5 rings (SSSR count). The molecule has 0 radical (unpaired) electrons. The van der Waals surface area contributed by atoms with Crippen LogP contribution in [-0.4, -0.2) is 23.1 Å². The highest BCUT2D eigenvalue weighted by Crippen LogP contribution is 2.58. The molecule has 2 aliphatic heterocycles. The van der Waals surface area contributed by atoms with Crippen molar-refractivity contribution in [2.75, 3.05) is 0 Å². The number of carbonyl (C=O) groups excluding carboxylic acids is 1. The van der Waals surface area contributed by atoms with Gasteiger partial charge in [0.15, 0.2) is 5.78 Å². The molecule has 0 amide bonds. The maximum Gasteiger partial charge on any atom is 0.416 e. The molecule has 2 fully saturated rings. The first-order valence-electron chi connectivity index (χ1n) is 10.5. The van der Waals surface area contributed by atoms with Gasteiger partial charge in [0.2, 0.25) is 0 Å². The van der Waals surface area contributed by atoms with E-state index < -0.39 is 29.7 Å². The topological polar surface area (TPSA) is 46.5 Å². The van der Waals surface area contributed by atoms with Gasteiger partial charge in [0.05, 0.1) is 35.2 Å². The summed E-state index contributed by atoms with van der Waals surface area (Å²) in [5.74, 6) is -1.05. The minimum atomic E-state index is -4.38. The highest BCUT2D eigenvalue weighted by molar-refractivity contribution is 6.26. The van der Waals surface area contributed by atoms with Crippen LogP contribution >= 0.6 is 0 Å². The summed E-state index contributed by atoms with van der Waals surface area (Å²) in [6, 6.07) is 9.14. The van der Waals surface area contributed by atoms with Gasteiger partial charge in [-0.05, 0) is 61.6 Å². The van der Waals surface area contributed by atoms with Gasteiger partial charge in [-0.1, -0.05) is 29.8 Å². The number of hydrogen-bond acceptors (Lipinski definition) is 3. The second-order valence-electron chi connectivity index (χ2n) is 9.05. The predicted molar refractivity (Wildman–Crippen MR) is 110 cm³/mol. The van der Waals surface area contributed by atoms with Crippen LogP contribution in [0, 0.1) is 32.6 Å². The molecule has 2 aromatic carbocycles. The molecule has 162 valence electrons. The lowest BCUT2D eigenvalue weighted by Gasteiger charge is -2.28. The molecule has 1 aliphatic carbocycles. The van der Waals surface area contributed by atoms with Gasteiger partial charge in [0.1, 0.15) is 5.76 Å². The van der Waals surface area contributed by atoms with E-state index in [1.54, 1.807) is 0 Å². The number of rotatable bonds is 2. The van der Waals surface area contributed by atoms with Crippen molar-refractivity contribution in [2.24, 2.45) is 11.8 Å². The number of halogens is 3. The van der Waals surface area contributed by atoms with Crippen molar-refractivity contribution in [1.29, 1.82) is 0 Å². The largest absolute Gasteiger partial charge is 0.511 e. The monoisotopic (exact) mass is 428 g/mol. The summed E-state index contributed by atoms with van der Waals surface area (Å²) in [7, 11) is 0. The zero-order chi connectivity index (χ0) is 22.2. The lowest BCUT2D eigenvalue weighted by Crippen LogP contribution is -2.33. The standard InChI is InChI=1S/C25H23F3O3/c1-11-8-12(2)18(13(3)9-11)20-22(29)19-17-10-16(24(31-17)21(19)23(20)30)14-4-6-15(7-5-14)25(26,27)28/h4-9,16-17,19,21,24,30H,10H2,1-3H3/t16?,17?,19-,21+,24?/m0/s1. The Bertz CT molecular complexity index is 1090. The van der Waals surface area contributed by atoms with Crippen molar-refractivity contribution in [1.82, 2.24) is 0 Å². The molecular formula is C25H23F3O3. The molecule has 2 heterocycles. The molecule has 0 saturated carbocycles. The SMILES string of the molecule is Cc1cc(C)c(C2=C(O)[C@@H]3C4OC(CC4c4ccc(C(F)(F)F)cc4)[C@@H]3C2=O)c(C)c1. The summed E-state index contributed by atoms with van der Waals surface area (Å²) < 4.78 is 44.8. The number of fused-ring (bicyclic) bond motifs is 5. The van der Waals surface area contributed by atoms with Gasteiger partial charge in [0.25, 0.3) is 0 Å². The molecule has 2 bridgehead atoms. The number of Topliss-reactive ketones (excluding diaryl/α,β-unsaturated/α-hetero) is 1. The third kappa shape index (κ3) is 2.95. The summed E-state index contributed by atoms with van der Waals surface area (Å²) in [5, 5.41) is 11.2. The first kappa shape index (κ1) is 20.3. The number of ether oxygens (including phenoxy) is 1. The molecule has 3 unspecified atom stereocenters. The van der Waals surface area contributed by atoms with Crippen LogP contribution in [0.15, 0.2) is 42.2 Å². The molecule has 0 spiro atoms. The van der Waals surface area contributed by atoms with Crippen LogP contribution in [0.1, 0.15) is 45.7 Å². The van der Waals surface area contributed by atoms with Crippen molar-refractivity contribution in [3.63, 3.8) is 0 Å². The first-order valence-corrected chi connectivity index (χ1v) is 10.5. The zero-order valence-electron chi connectivity index (χ0n) is 17.5. The van der Waals surface area contributed by atoms with Crippen LogP contribution in [-0.2, 0) is 15.7 Å². The van der Waals surface area contributed by atoms with Gasteiger partial charge in [-0.3, -0.25) is 4.79 Å². The van der Waals surface area contributed by atoms with E-state index in [0.29, 0.717) is 12.0 Å². The van der Waals surface area contributed by atoms with Gasteiger partial charge in [-0.2, -0.15) is 13.2 Å². The van der Waals surface area contributed by atoms with Crippen molar-refractivity contribution < 1.29 is 27.8 Å². The normalized spacial score (nSPS) is 29.7. The van der Waals surface area contributed by atoms with Crippen LogP contribution in [0.4, 0.5) is 13.2 Å². The van der Waals surface area contributed by atoms with Gasteiger partial charge in [-0.15, -0.1) is 0 Å². The lowest BCUT2D eigenvalue weighted by atomic mass is 9.72. The van der Waals surface area contributed by atoms with E-state index >= 15 is 0 Å². The van der Waals surface area contributed by atoms with E-state index in [-0.39, 0.29) is 23.6 Å². The molecule has 31 heavy (non-hydrogen) atoms. The second kappa shape index (κ2) is 6.70. The van der Waals surface area contributed by atoms with Crippen molar-refractivity contribution in [3.8, 4) is 0 Å². The number of benzene rings is 2. The smallest absolute Gasteiger partial charge is 0.416 e. The van der Waals surface area contributed by atoms with Crippen LogP contribution in [0.2, 0.25) is 0 Å². The minimum absolute atomic E-state index is 0.0640. The van der Waals surface area contributed by atoms with Crippen LogP contribution in [0.3, 0.4) is 0 Å². The Morgan fingerprint density at radius 3 is 2.19 bits per heavy atom. The Hall–Kier alpha value is -2.60. The molecule has 6 heteroatoms. The van der Waals surface area contributed by atoms with Gasteiger partial charge >= 0.3 is 6.18 Å². The number of aryl methyl sites for hydroxylation is 3. The number of alkyl halides is 3. The van der Waals surface area contributed by atoms with Crippen molar-refractivity contribution in [2.45, 2.75) is 51.5 Å². The molecule has 2 saturated heterocycles. The average molecular weight is 428 g/mol. The van der Waals surface area contributed by atoms with E-state index in [1.807, 2.05) is 32.9 Å². The summed E-state index contributed by atoms with van der Waals surface area (Å²) >= 11 is 0. The first-order chi connectivity index (χ1) is 14.6. The molecule has 3 nitrogen and oxygen atoms in total. The fourth-order valence-electron chi connectivity index (χ4n) is 5.93. The zero-order valence-corrected chi connectivity index (χ0v) is 17.5. The summed E-state index contributed by atoms with van der Waals surface area (Å²) in [5.41, 5.74) is 4.21. The Morgan fingerprint density at radius 2 is 1.61 bits per heavy atom. The molecule has 5 atom stereocenters. The van der Waals surface area contributed by atoms with Crippen molar-refractivity contribution >= 4 is 11.4 Å². The second-order valence-corrected chi connectivity index (χ2v) is 9.05. The Kier molecular flexibility index (Phi) is 4.39. The number of aliphatic hydroxyl groups excluding tert-OH is 1. The van der Waals surface area contributed by atoms with Crippen LogP contribution in [0.5, 0.6) is 0 Å². The number of hydrogen-bond donors (Lipinski definition) is 1. The van der Waals surface area contributed by atoms with Crippen molar-refractivity contribution in [3.05, 3.63) is 75.5 Å². The highest BCUT2D eigenvalue weighted by Gasteiger charge is 2.62. The molecule has 1 N–H and O–H groups in total. The molecular weight excluding hydrogens is 405 g/mol. The molecule has 0 aromatic heterocycles. The van der Waals surface area contributed by atoms with E-state index in [1.165, 1.54) is 12.1 Å². The fourth-order valence-corrected chi connectivity index (χ4v) is 5.93. The summed E-state index contributed by atoms with van der Waals surface area (Å²) in [6.45, 7) is 5.87. The Balaban J connectivity index is 1.51. The molecule has 2 aromatic rings. The Labute approximate surface area is 178 Å². The van der Waals surface area contributed by atoms with Gasteiger partial charge < -0.3 is 9.84 Å². The quantitative estimate of drug-likeness (QED) is 0.671. The van der Waals surface area contributed by atoms with Crippen LogP contribution < -0.4 is 0 Å². The third-order valence-electron chi connectivity index (χ3n) is 7.07. The minimum Gasteiger partial charge on any atom is -0.511 e. The third-order valence-corrected chi connectivity index (χ3v) is 7.07. The lowest BCUT2D eigenvalue weighted by molar-refractivity contribution is -0.137. The summed E-state index contributed by atoms with van der Waals surface area (Å²) in [6.07, 6.45) is -4.57. The summed E-state index contributed by atoms with van der Waals surface area (Å²) in [4.78, 5) is 13.4. The van der Waals surface area contributed by atoms with Crippen LogP contribution in [0.25, 0.3) is 5.57 Å². The average Bonchev–Trinajstić information content (AvgIpc) is 3.34. The number of aliphatic hydroxyl groups is 1. The van der Waals surface area contributed by atoms with E-state index in [2.05, 4.69) is 0 Å². The predicted octanol–water partition coefficient (Wildman–Crippen LogP) is 5.67. The van der Waals surface area contributed by atoms with E-state index in [0.717, 1.165) is 39.9 Å². The maximum absolute atomic E-state index is 13.4. The maximum atomic E-state index is 13.4. The van der Waals surface area contributed by atoms with Gasteiger partial charge in [-0.25, -0.2) is 0 Å². The highest BCUT2D eigenvalue weighted by atomic mass is 19.4. The van der Waals surface area contributed by atoms with E-state index in [4.69, 9.17) is 4.74 Å². The van der Waals surface area contributed by atoms with E-state index in [9.17, 15) is 23.1 Å². The Morgan fingerprint density at radius 1 is 1.00 bits per heavy atom.